The van der Waals surface area contributed by atoms with Crippen LogP contribution in [0.5, 0.6) is 0 Å². The molecule has 2 aromatic rings. The number of hydrogen-bond acceptors (Lipinski definition) is 4. The quantitative estimate of drug-likeness (QED) is 0.839. The highest BCUT2D eigenvalue weighted by Gasteiger charge is 2.32. The Hall–Kier alpha value is -1.11. The first-order chi connectivity index (χ1) is 11.9. The van der Waals surface area contributed by atoms with Crippen LogP contribution in [0, 0.1) is 0 Å². The SMILES string of the molecule is N[C@@H]1CN(CCS(=O)(=O)c2cc(Cl)ccc2Cl)C[C@H]1c1ccccc1. The second-order valence-electron chi connectivity index (χ2n) is 6.33. The van der Waals surface area contributed by atoms with Crippen molar-refractivity contribution < 1.29 is 8.42 Å². The highest BCUT2D eigenvalue weighted by Crippen LogP contribution is 2.28. The van der Waals surface area contributed by atoms with Gasteiger partial charge in [0.25, 0.3) is 0 Å². The smallest absolute Gasteiger partial charge is 0.181 e. The molecule has 0 aliphatic carbocycles. The van der Waals surface area contributed by atoms with Gasteiger partial charge in [0.1, 0.15) is 0 Å². The van der Waals surface area contributed by atoms with E-state index in [2.05, 4.69) is 17.0 Å². The summed E-state index contributed by atoms with van der Waals surface area (Å²) in [5.74, 6) is 0.208. The molecule has 0 amide bonds. The second-order valence-corrected chi connectivity index (χ2v) is 9.26. The van der Waals surface area contributed by atoms with Gasteiger partial charge in [-0.05, 0) is 23.8 Å². The van der Waals surface area contributed by atoms with Crippen LogP contribution < -0.4 is 5.73 Å². The minimum absolute atomic E-state index is 0.000128. The number of rotatable bonds is 5. The first kappa shape index (κ1) is 18.7. The highest BCUT2D eigenvalue weighted by atomic mass is 35.5. The van der Waals surface area contributed by atoms with Gasteiger partial charge in [0, 0.05) is 36.6 Å². The predicted molar refractivity (Wildman–Crippen MR) is 102 cm³/mol. The third kappa shape index (κ3) is 4.36. The van der Waals surface area contributed by atoms with E-state index in [0.29, 0.717) is 18.1 Å². The molecule has 0 bridgehead atoms. The maximum atomic E-state index is 12.6. The third-order valence-electron chi connectivity index (χ3n) is 4.57. The zero-order valence-electron chi connectivity index (χ0n) is 13.6. The molecule has 0 saturated carbocycles. The van der Waals surface area contributed by atoms with Crippen LogP contribution in [0.25, 0.3) is 0 Å². The maximum absolute atomic E-state index is 12.6. The van der Waals surface area contributed by atoms with E-state index in [4.69, 9.17) is 28.9 Å². The standard InChI is InChI=1S/C18H20Cl2N2O2S/c19-14-6-7-16(20)18(10-14)25(23,24)9-8-22-11-15(17(21)12-22)13-4-2-1-3-5-13/h1-7,10,15,17H,8-9,11-12,21H2/t15-,17+/m0/s1. The molecule has 2 atom stereocenters. The Labute approximate surface area is 158 Å². The summed E-state index contributed by atoms with van der Waals surface area (Å²) in [4.78, 5) is 2.18. The molecule has 0 aromatic heterocycles. The van der Waals surface area contributed by atoms with Gasteiger partial charge in [-0.2, -0.15) is 0 Å². The van der Waals surface area contributed by atoms with Crippen molar-refractivity contribution >= 4 is 33.0 Å². The number of halogens is 2. The van der Waals surface area contributed by atoms with Crippen molar-refractivity contribution in [2.75, 3.05) is 25.4 Å². The third-order valence-corrected chi connectivity index (χ3v) is 6.98. The van der Waals surface area contributed by atoms with Crippen LogP contribution in [0.2, 0.25) is 10.0 Å². The van der Waals surface area contributed by atoms with Crippen LogP contribution in [0.3, 0.4) is 0 Å². The van der Waals surface area contributed by atoms with E-state index in [1.165, 1.54) is 17.7 Å². The first-order valence-electron chi connectivity index (χ1n) is 8.07. The molecule has 1 heterocycles. The normalized spacial score (nSPS) is 21.6. The van der Waals surface area contributed by atoms with E-state index in [0.717, 1.165) is 6.54 Å². The van der Waals surface area contributed by atoms with E-state index in [-0.39, 0.29) is 27.6 Å². The van der Waals surface area contributed by atoms with Gasteiger partial charge in [-0.3, -0.25) is 0 Å². The molecule has 134 valence electrons. The van der Waals surface area contributed by atoms with Gasteiger partial charge in [-0.25, -0.2) is 8.42 Å². The lowest BCUT2D eigenvalue weighted by molar-refractivity contribution is 0.351. The van der Waals surface area contributed by atoms with Crippen LogP contribution in [0.15, 0.2) is 53.4 Å². The lowest BCUT2D eigenvalue weighted by Gasteiger charge is -2.16. The molecule has 3 rings (SSSR count). The van der Waals surface area contributed by atoms with E-state index in [9.17, 15) is 8.42 Å². The van der Waals surface area contributed by atoms with E-state index in [1.807, 2.05) is 18.2 Å². The lowest BCUT2D eigenvalue weighted by atomic mass is 9.95. The van der Waals surface area contributed by atoms with Gasteiger partial charge < -0.3 is 10.6 Å². The zero-order chi connectivity index (χ0) is 18.0. The molecular weight excluding hydrogens is 379 g/mol. The van der Waals surface area contributed by atoms with Crippen molar-refractivity contribution in [1.82, 2.24) is 4.90 Å². The van der Waals surface area contributed by atoms with Gasteiger partial charge in [0.2, 0.25) is 0 Å². The fourth-order valence-electron chi connectivity index (χ4n) is 3.22. The Bertz CT molecular complexity index is 843. The van der Waals surface area contributed by atoms with Gasteiger partial charge in [-0.1, -0.05) is 53.5 Å². The summed E-state index contributed by atoms with van der Waals surface area (Å²) >= 11 is 11.9. The Balaban J connectivity index is 1.67. The largest absolute Gasteiger partial charge is 0.326 e. The van der Waals surface area contributed by atoms with E-state index in [1.54, 1.807) is 6.07 Å². The molecule has 7 heteroatoms. The van der Waals surface area contributed by atoms with Crippen molar-refractivity contribution in [3.8, 4) is 0 Å². The molecule has 1 saturated heterocycles. The molecule has 0 unspecified atom stereocenters. The molecule has 2 aromatic carbocycles. The van der Waals surface area contributed by atoms with Crippen LogP contribution in [-0.4, -0.2) is 44.7 Å². The molecule has 2 N–H and O–H groups in total. The summed E-state index contributed by atoms with van der Waals surface area (Å²) in [5.41, 5.74) is 7.46. The average molecular weight is 399 g/mol. The number of benzene rings is 2. The number of nitrogens with two attached hydrogens (primary N) is 1. The van der Waals surface area contributed by atoms with Crippen LogP contribution in [-0.2, 0) is 9.84 Å². The summed E-state index contributed by atoms with van der Waals surface area (Å²) in [7, 11) is -3.50. The average Bonchev–Trinajstić information content (AvgIpc) is 2.97. The van der Waals surface area contributed by atoms with Gasteiger partial charge >= 0.3 is 0 Å². The van der Waals surface area contributed by atoms with Gasteiger partial charge in [0.15, 0.2) is 9.84 Å². The van der Waals surface area contributed by atoms with E-state index < -0.39 is 9.84 Å². The monoisotopic (exact) mass is 398 g/mol. The molecule has 0 radical (unpaired) electrons. The lowest BCUT2D eigenvalue weighted by Crippen LogP contribution is -2.31. The molecule has 4 nitrogen and oxygen atoms in total. The highest BCUT2D eigenvalue weighted by molar-refractivity contribution is 7.91. The number of hydrogen-bond donors (Lipinski definition) is 1. The predicted octanol–water partition coefficient (Wildman–Crippen LogP) is 3.19. The van der Waals surface area contributed by atoms with Crippen molar-refractivity contribution in [3.05, 3.63) is 64.1 Å². The number of sulfone groups is 1. The Morgan fingerprint density at radius 1 is 1.08 bits per heavy atom. The molecule has 25 heavy (non-hydrogen) atoms. The summed E-state index contributed by atoms with van der Waals surface area (Å²) in [6, 6.07) is 14.6. The van der Waals surface area contributed by atoms with Crippen molar-refractivity contribution in [1.29, 1.82) is 0 Å². The van der Waals surface area contributed by atoms with Crippen molar-refractivity contribution in [2.24, 2.45) is 5.73 Å². The maximum Gasteiger partial charge on any atom is 0.181 e. The van der Waals surface area contributed by atoms with Crippen molar-refractivity contribution in [2.45, 2.75) is 16.9 Å². The summed E-state index contributed by atoms with van der Waals surface area (Å²) in [6.07, 6.45) is 0. The van der Waals surface area contributed by atoms with E-state index >= 15 is 0 Å². The number of likely N-dealkylation sites (tertiary alicyclic amines) is 1. The first-order valence-corrected chi connectivity index (χ1v) is 10.5. The van der Waals surface area contributed by atoms with Crippen LogP contribution in [0.4, 0.5) is 0 Å². The Morgan fingerprint density at radius 2 is 1.80 bits per heavy atom. The minimum atomic E-state index is -3.50. The van der Waals surface area contributed by atoms with Gasteiger partial charge in [0.05, 0.1) is 15.7 Å². The molecule has 1 fully saturated rings. The molecule has 0 spiro atoms. The van der Waals surface area contributed by atoms with Crippen LogP contribution in [0.1, 0.15) is 11.5 Å². The molecule has 1 aliphatic heterocycles. The summed E-state index contributed by atoms with van der Waals surface area (Å²) < 4.78 is 25.2. The fraction of sp³-hybridized carbons (Fsp3) is 0.333. The van der Waals surface area contributed by atoms with Gasteiger partial charge in [-0.15, -0.1) is 0 Å². The minimum Gasteiger partial charge on any atom is -0.326 e. The van der Waals surface area contributed by atoms with Crippen molar-refractivity contribution in [3.63, 3.8) is 0 Å². The van der Waals surface area contributed by atoms with Crippen LogP contribution >= 0.6 is 23.2 Å². The topological polar surface area (TPSA) is 63.4 Å². The molecular formula is C18H20Cl2N2O2S. The Kier molecular flexibility index (Phi) is 5.71. The summed E-state index contributed by atoms with van der Waals surface area (Å²) in [6.45, 7) is 1.85. The zero-order valence-corrected chi connectivity index (χ0v) is 15.9. The fourth-order valence-corrected chi connectivity index (χ4v) is 5.32. The summed E-state index contributed by atoms with van der Waals surface area (Å²) in [5, 5.41) is 0.556. The Morgan fingerprint density at radius 3 is 2.52 bits per heavy atom. The second kappa shape index (κ2) is 7.64. The molecule has 1 aliphatic rings. The number of nitrogens with zero attached hydrogens (tertiary/aromatic N) is 1.